The van der Waals surface area contributed by atoms with Crippen LogP contribution in [0.25, 0.3) is 0 Å². The van der Waals surface area contributed by atoms with E-state index in [9.17, 15) is 13.2 Å². The van der Waals surface area contributed by atoms with E-state index in [1.165, 1.54) is 24.5 Å². The molecule has 1 amide bonds. The summed E-state index contributed by atoms with van der Waals surface area (Å²) in [7, 11) is -2.24. The van der Waals surface area contributed by atoms with Gasteiger partial charge in [0.2, 0.25) is 11.0 Å². The first-order valence-electron chi connectivity index (χ1n) is 6.60. The molecular weight excluding hydrogens is 344 g/mol. The van der Waals surface area contributed by atoms with Crippen molar-refractivity contribution in [1.29, 1.82) is 0 Å². The molecule has 1 aliphatic carbocycles. The molecule has 1 N–H and O–H groups in total. The largest absolute Gasteiger partial charge is 0.299 e. The summed E-state index contributed by atoms with van der Waals surface area (Å²) in [5.41, 5.74) is 0. The zero-order chi connectivity index (χ0) is 15.7. The maximum atomic E-state index is 12.2. The molecule has 2 aromatic heterocycles. The van der Waals surface area contributed by atoms with Crippen LogP contribution in [-0.2, 0) is 14.8 Å². The number of carbonyl (C=O) groups is 1. The van der Waals surface area contributed by atoms with E-state index in [-0.39, 0.29) is 10.8 Å². The number of hydrogen-bond donors (Lipinski definition) is 1. The molecule has 0 radical (unpaired) electrons. The Hall–Kier alpha value is -1.36. The molecule has 2 heterocycles. The van der Waals surface area contributed by atoms with Crippen LogP contribution in [-0.4, -0.2) is 42.4 Å². The monoisotopic (exact) mass is 358 g/mol. The number of likely N-dealkylation sites (N-methyl/N-ethyl adjacent to an activating group) is 1. The van der Waals surface area contributed by atoms with Crippen molar-refractivity contribution in [1.82, 2.24) is 14.5 Å². The Morgan fingerprint density at radius 1 is 1.45 bits per heavy atom. The number of nitrogens with zero attached hydrogens (tertiary/aromatic N) is 3. The van der Waals surface area contributed by atoms with Crippen molar-refractivity contribution in [3.05, 3.63) is 22.5 Å². The first-order chi connectivity index (χ1) is 10.5. The fourth-order valence-electron chi connectivity index (χ4n) is 1.79. The molecule has 2 aromatic rings. The standard InChI is InChI=1S/C12H14N4O3S3/c1-16(22(18,19)10-3-2-6-20-10)7-9(17)13-12-15-14-11(21-12)8-4-5-8/h2-3,6,8H,4-5,7H2,1H3,(H,13,15,17). The smallest absolute Gasteiger partial charge is 0.252 e. The number of thiophene rings is 1. The average Bonchev–Trinajstić information content (AvgIpc) is 2.99. The van der Waals surface area contributed by atoms with E-state index >= 15 is 0 Å². The van der Waals surface area contributed by atoms with E-state index in [0.717, 1.165) is 33.5 Å². The van der Waals surface area contributed by atoms with Crippen LogP contribution >= 0.6 is 22.7 Å². The molecule has 0 aliphatic heterocycles. The molecule has 0 aromatic carbocycles. The zero-order valence-corrected chi connectivity index (χ0v) is 14.2. The van der Waals surface area contributed by atoms with Gasteiger partial charge in [0.1, 0.15) is 9.22 Å². The van der Waals surface area contributed by atoms with Crippen molar-refractivity contribution in [2.75, 3.05) is 18.9 Å². The Bertz CT molecular complexity index is 765. The van der Waals surface area contributed by atoms with E-state index < -0.39 is 15.9 Å². The van der Waals surface area contributed by atoms with E-state index in [1.807, 2.05) is 0 Å². The van der Waals surface area contributed by atoms with Gasteiger partial charge in [-0.05, 0) is 24.3 Å². The lowest BCUT2D eigenvalue weighted by Crippen LogP contribution is -2.34. The molecule has 118 valence electrons. The third-order valence-corrected chi connectivity index (χ3v) is 7.32. The molecule has 1 fully saturated rings. The molecule has 0 saturated heterocycles. The zero-order valence-electron chi connectivity index (χ0n) is 11.7. The number of rotatable bonds is 6. The van der Waals surface area contributed by atoms with E-state index in [0.29, 0.717) is 11.0 Å². The van der Waals surface area contributed by atoms with Crippen LogP contribution in [0.1, 0.15) is 23.8 Å². The maximum absolute atomic E-state index is 12.2. The summed E-state index contributed by atoms with van der Waals surface area (Å²) in [4.78, 5) is 12.0. The predicted molar refractivity (Wildman–Crippen MR) is 84.6 cm³/mol. The molecule has 1 saturated carbocycles. The Kier molecular flexibility index (Phi) is 4.26. The van der Waals surface area contributed by atoms with Crippen molar-refractivity contribution in [2.24, 2.45) is 0 Å². The van der Waals surface area contributed by atoms with Crippen LogP contribution in [0, 0.1) is 0 Å². The van der Waals surface area contributed by atoms with E-state index in [4.69, 9.17) is 0 Å². The SMILES string of the molecule is CN(CC(=O)Nc1nnc(C2CC2)s1)S(=O)(=O)c1cccs1. The topological polar surface area (TPSA) is 92.3 Å². The van der Waals surface area contributed by atoms with Gasteiger partial charge in [0, 0.05) is 13.0 Å². The Morgan fingerprint density at radius 2 is 2.23 bits per heavy atom. The minimum Gasteiger partial charge on any atom is -0.299 e. The van der Waals surface area contributed by atoms with Gasteiger partial charge in [-0.3, -0.25) is 10.1 Å². The Labute approximate surface area is 136 Å². The van der Waals surface area contributed by atoms with Crippen LogP contribution in [0.2, 0.25) is 0 Å². The number of anilines is 1. The van der Waals surface area contributed by atoms with Gasteiger partial charge in [-0.2, -0.15) is 4.31 Å². The molecule has 22 heavy (non-hydrogen) atoms. The van der Waals surface area contributed by atoms with Crippen LogP contribution in [0.15, 0.2) is 21.7 Å². The van der Waals surface area contributed by atoms with Crippen molar-refractivity contribution in [3.8, 4) is 0 Å². The van der Waals surface area contributed by atoms with Gasteiger partial charge in [-0.1, -0.05) is 17.4 Å². The fourth-order valence-corrected chi connectivity index (χ4v) is 5.05. The molecule has 10 heteroatoms. The third-order valence-electron chi connectivity index (χ3n) is 3.14. The van der Waals surface area contributed by atoms with Gasteiger partial charge >= 0.3 is 0 Å². The van der Waals surface area contributed by atoms with Gasteiger partial charge in [-0.25, -0.2) is 8.42 Å². The van der Waals surface area contributed by atoms with E-state index in [2.05, 4.69) is 15.5 Å². The molecule has 3 rings (SSSR count). The first kappa shape index (κ1) is 15.5. The number of carbonyl (C=O) groups excluding carboxylic acids is 1. The molecular formula is C12H14N4O3S3. The second kappa shape index (κ2) is 6.03. The Morgan fingerprint density at radius 3 is 2.86 bits per heavy atom. The van der Waals surface area contributed by atoms with Crippen LogP contribution < -0.4 is 5.32 Å². The maximum Gasteiger partial charge on any atom is 0.252 e. The third kappa shape index (κ3) is 3.35. The minimum absolute atomic E-state index is 0.217. The summed E-state index contributed by atoms with van der Waals surface area (Å²) in [6, 6.07) is 3.17. The molecule has 0 atom stereocenters. The molecule has 0 spiro atoms. The van der Waals surface area contributed by atoms with Gasteiger partial charge in [0.15, 0.2) is 0 Å². The number of amides is 1. The van der Waals surface area contributed by atoms with Gasteiger partial charge in [-0.15, -0.1) is 21.5 Å². The summed E-state index contributed by atoms with van der Waals surface area (Å²) >= 11 is 2.47. The lowest BCUT2D eigenvalue weighted by molar-refractivity contribution is -0.116. The number of nitrogens with one attached hydrogen (secondary N) is 1. The number of hydrogen-bond acceptors (Lipinski definition) is 7. The second-order valence-electron chi connectivity index (χ2n) is 4.96. The second-order valence-corrected chi connectivity index (χ2v) is 9.19. The highest BCUT2D eigenvalue weighted by Crippen LogP contribution is 2.42. The summed E-state index contributed by atoms with van der Waals surface area (Å²) in [5.74, 6) is 0.0474. The molecule has 0 bridgehead atoms. The summed E-state index contributed by atoms with van der Waals surface area (Å²) in [5, 5.41) is 13.5. The van der Waals surface area contributed by atoms with Crippen molar-refractivity contribution in [2.45, 2.75) is 23.0 Å². The predicted octanol–water partition coefficient (Wildman–Crippen LogP) is 1.74. The normalized spacial score (nSPS) is 15.2. The number of sulfonamides is 1. The van der Waals surface area contributed by atoms with E-state index in [1.54, 1.807) is 11.4 Å². The molecule has 7 nitrogen and oxygen atoms in total. The highest BCUT2D eigenvalue weighted by atomic mass is 32.2. The Balaban J connectivity index is 1.61. The molecule has 0 unspecified atom stereocenters. The van der Waals surface area contributed by atoms with Crippen LogP contribution in [0.5, 0.6) is 0 Å². The highest BCUT2D eigenvalue weighted by Gasteiger charge is 2.28. The van der Waals surface area contributed by atoms with Crippen LogP contribution in [0.4, 0.5) is 5.13 Å². The summed E-state index contributed by atoms with van der Waals surface area (Å²) in [6.45, 7) is -0.265. The van der Waals surface area contributed by atoms with Gasteiger partial charge in [0.05, 0.1) is 6.54 Å². The van der Waals surface area contributed by atoms with Crippen LogP contribution in [0.3, 0.4) is 0 Å². The minimum atomic E-state index is -3.62. The summed E-state index contributed by atoms with van der Waals surface area (Å²) in [6.07, 6.45) is 2.23. The number of aromatic nitrogens is 2. The molecule has 1 aliphatic rings. The van der Waals surface area contributed by atoms with Crippen molar-refractivity contribution < 1.29 is 13.2 Å². The van der Waals surface area contributed by atoms with Gasteiger partial charge < -0.3 is 0 Å². The first-order valence-corrected chi connectivity index (χ1v) is 9.73. The van der Waals surface area contributed by atoms with Gasteiger partial charge in [0.25, 0.3) is 10.0 Å². The summed E-state index contributed by atoms with van der Waals surface area (Å²) < 4.78 is 25.7. The van der Waals surface area contributed by atoms with Crippen molar-refractivity contribution >= 4 is 43.7 Å². The lowest BCUT2D eigenvalue weighted by atomic mass is 10.5. The highest BCUT2D eigenvalue weighted by molar-refractivity contribution is 7.91. The lowest BCUT2D eigenvalue weighted by Gasteiger charge is -2.14. The average molecular weight is 358 g/mol. The quantitative estimate of drug-likeness (QED) is 0.849. The fraction of sp³-hybridized carbons (Fsp3) is 0.417. The van der Waals surface area contributed by atoms with Crippen molar-refractivity contribution in [3.63, 3.8) is 0 Å².